The Morgan fingerprint density at radius 2 is 1.72 bits per heavy atom. The second kappa shape index (κ2) is 6.78. The molecular formula is C18H13ClN2O4. The van der Waals surface area contributed by atoms with E-state index in [1.165, 1.54) is 12.1 Å². The zero-order valence-corrected chi connectivity index (χ0v) is 13.9. The van der Waals surface area contributed by atoms with Gasteiger partial charge in [-0.1, -0.05) is 35.9 Å². The number of hydrogen-bond donors (Lipinski definition) is 1. The Morgan fingerprint density at radius 1 is 1.04 bits per heavy atom. The van der Waals surface area contributed by atoms with E-state index in [1.807, 2.05) is 0 Å². The summed E-state index contributed by atoms with van der Waals surface area (Å²) in [5.41, 5.74) is 0.664. The van der Waals surface area contributed by atoms with Crippen molar-refractivity contribution in [3.8, 4) is 5.75 Å². The van der Waals surface area contributed by atoms with Crippen LogP contribution in [0.4, 0.5) is 10.5 Å². The Kier molecular flexibility index (Phi) is 4.54. The number of imide groups is 2. The number of benzene rings is 2. The molecule has 1 aliphatic rings. The minimum atomic E-state index is -0.838. The fourth-order valence-electron chi connectivity index (χ4n) is 2.38. The number of barbiturate groups is 1. The second-order valence-electron chi connectivity index (χ2n) is 5.18. The summed E-state index contributed by atoms with van der Waals surface area (Å²) in [5, 5.41) is 2.38. The van der Waals surface area contributed by atoms with E-state index in [-0.39, 0.29) is 16.3 Å². The molecular weight excluding hydrogens is 344 g/mol. The van der Waals surface area contributed by atoms with Crippen LogP contribution in [0.3, 0.4) is 0 Å². The van der Waals surface area contributed by atoms with Crippen LogP contribution in [-0.2, 0) is 9.59 Å². The number of carbonyl (C=O) groups excluding carboxylic acids is 3. The molecule has 1 heterocycles. The largest absolute Gasteiger partial charge is 0.497 e. The van der Waals surface area contributed by atoms with Crippen molar-refractivity contribution >= 4 is 41.2 Å². The summed E-state index contributed by atoms with van der Waals surface area (Å²) in [6.45, 7) is 0. The van der Waals surface area contributed by atoms with Gasteiger partial charge in [-0.2, -0.15) is 0 Å². The van der Waals surface area contributed by atoms with Gasteiger partial charge < -0.3 is 4.74 Å². The zero-order valence-electron chi connectivity index (χ0n) is 13.2. The molecule has 2 aromatic rings. The number of amides is 4. The van der Waals surface area contributed by atoms with Crippen LogP contribution in [0.5, 0.6) is 5.75 Å². The molecule has 25 heavy (non-hydrogen) atoms. The highest BCUT2D eigenvalue weighted by Crippen LogP contribution is 2.28. The predicted octanol–water partition coefficient (Wildman–Crippen LogP) is 3.02. The Hall–Kier alpha value is -3.12. The minimum absolute atomic E-state index is 0.162. The summed E-state index contributed by atoms with van der Waals surface area (Å²) in [7, 11) is 1.54. The molecule has 126 valence electrons. The molecule has 4 amide bonds. The highest BCUT2D eigenvalue weighted by atomic mass is 35.5. The zero-order chi connectivity index (χ0) is 18.0. The van der Waals surface area contributed by atoms with Crippen molar-refractivity contribution in [3.05, 3.63) is 64.7 Å². The molecule has 0 bridgehead atoms. The number of rotatable bonds is 3. The van der Waals surface area contributed by atoms with E-state index in [1.54, 1.807) is 49.6 Å². The van der Waals surface area contributed by atoms with Gasteiger partial charge in [0.15, 0.2) is 0 Å². The minimum Gasteiger partial charge on any atom is -0.497 e. The number of methoxy groups -OCH3 is 1. The number of hydrogen-bond acceptors (Lipinski definition) is 4. The monoisotopic (exact) mass is 356 g/mol. The molecule has 1 fully saturated rings. The lowest BCUT2D eigenvalue weighted by atomic mass is 10.1. The molecule has 0 radical (unpaired) electrons. The maximum Gasteiger partial charge on any atom is 0.335 e. The fourth-order valence-corrected chi connectivity index (χ4v) is 2.60. The third kappa shape index (κ3) is 3.25. The number of urea groups is 1. The highest BCUT2D eigenvalue weighted by molar-refractivity contribution is 6.42. The van der Waals surface area contributed by atoms with Crippen LogP contribution in [0.25, 0.3) is 6.08 Å². The summed E-state index contributed by atoms with van der Waals surface area (Å²) >= 11 is 6.07. The number of nitrogens with one attached hydrogen (secondary N) is 1. The first-order valence-electron chi connectivity index (χ1n) is 7.31. The van der Waals surface area contributed by atoms with Crippen molar-refractivity contribution in [3.63, 3.8) is 0 Å². The van der Waals surface area contributed by atoms with Crippen molar-refractivity contribution in [2.45, 2.75) is 0 Å². The SMILES string of the molecule is COc1ccc(/C=C2/C(=O)NC(=O)N(c3ccccc3Cl)C2=O)cc1. The maximum absolute atomic E-state index is 12.7. The number of carbonyl (C=O) groups is 3. The van der Waals surface area contributed by atoms with Crippen LogP contribution >= 0.6 is 11.6 Å². The molecule has 2 aromatic carbocycles. The smallest absolute Gasteiger partial charge is 0.335 e. The molecule has 7 heteroatoms. The van der Waals surface area contributed by atoms with Crippen LogP contribution in [0.1, 0.15) is 5.56 Å². The standard InChI is InChI=1S/C18H13ClN2O4/c1-25-12-8-6-11(7-9-12)10-13-16(22)20-18(24)21(17(13)23)15-5-3-2-4-14(15)19/h2-10H,1H3,(H,20,22,24)/b13-10-. The normalized spacial score (nSPS) is 16.2. The van der Waals surface area contributed by atoms with Crippen molar-refractivity contribution in [1.29, 1.82) is 0 Å². The van der Waals surface area contributed by atoms with Gasteiger partial charge in [-0.15, -0.1) is 0 Å². The number of para-hydroxylation sites is 1. The molecule has 1 N–H and O–H groups in total. The van der Waals surface area contributed by atoms with Crippen molar-refractivity contribution in [2.75, 3.05) is 12.0 Å². The summed E-state index contributed by atoms with van der Waals surface area (Å²) < 4.78 is 5.07. The van der Waals surface area contributed by atoms with Crippen molar-refractivity contribution in [1.82, 2.24) is 5.32 Å². The first-order valence-corrected chi connectivity index (χ1v) is 7.69. The number of anilines is 1. The van der Waals surface area contributed by atoms with Crippen LogP contribution in [-0.4, -0.2) is 25.0 Å². The average Bonchev–Trinajstić information content (AvgIpc) is 2.60. The number of halogens is 1. The van der Waals surface area contributed by atoms with Crippen LogP contribution in [0, 0.1) is 0 Å². The Labute approximate surface area is 148 Å². The first kappa shape index (κ1) is 16.7. The molecule has 6 nitrogen and oxygen atoms in total. The molecule has 1 aliphatic heterocycles. The van der Waals surface area contributed by atoms with E-state index in [0.29, 0.717) is 11.3 Å². The molecule has 0 unspecified atom stereocenters. The van der Waals surface area contributed by atoms with Gasteiger partial charge in [-0.25, -0.2) is 9.69 Å². The molecule has 3 rings (SSSR count). The van der Waals surface area contributed by atoms with Gasteiger partial charge >= 0.3 is 6.03 Å². The van der Waals surface area contributed by atoms with Gasteiger partial charge in [0.2, 0.25) is 0 Å². The van der Waals surface area contributed by atoms with Gasteiger partial charge in [0.25, 0.3) is 11.8 Å². The highest BCUT2D eigenvalue weighted by Gasteiger charge is 2.37. The van der Waals surface area contributed by atoms with Gasteiger partial charge in [0, 0.05) is 0 Å². The molecule has 0 saturated carbocycles. The third-order valence-electron chi connectivity index (χ3n) is 3.62. The van der Waals surface area contributed by atoms with E-state index in [0.717, 1.165) is 4.90 Å². The summed E-state index contributed by atoms with van der Waals surface area (Å²) in [4.78, 5) is 37.8. The topological polar surface area (TPSA) is 75.7 Å². The molecule has 0 aromatic heterocycles. The molecule has 1 saturated heterocycles. The van der Waals surface area contributed by atoms with Crippen LogP contribution in [0.2, 0.25) is 5.02 Å². The van der Waals surface area contributed by atoms with Gasteiger partial charge in [0.05, 0.1) is 17.8 Å². The first-order chi connectivity index (χ1) is 12.0. The van der Waals surface area contributed by atoms with E-state index in [4.69, 9.17) is 16.3 Å². The lowest BCUT2D eigenvalue weighted by molar-refractivity contribution is -0.122. The van der Waals surface area contributed by atoms with Gasteiger partial charge in [-0.3, -0.25) is 14.9 Å². The number of ether oxygens (including phenoxy) is 1. The maximum atomic E-state index is 12.7. The van der Waals surface area contributed by atoms with Crippen LogP contribution in [0.15, 0.2) is 54.1 Å². The van der Waals surface area contributed by atoms with E-state index in [2.05, 4.69) is 5.32 Å². The Bertz CT molecular complexity index is 890. The van der Waals surface area contributed by atoms with E-state index < -0.39 is 17.8 Å². The number of nitrogens with zero attached hydrogens (tertiary/aromatic N) is 1. The summed E-state index contributed by atoms with van der Waals surface area (Å²) in [5.74, 6) is -0.846. The lowest BCUT2D eigenvalue weighted by Crippen LogP contribution is -2.54. The summed E-state index contributed by atoms with van der Waals surface area (Å²) in [6, 6.07) is 12.4. The quantitative estimate of drug-likeness (QED) is 0.677. The van der Waals surface area contributed by atoms with Gasteiger partial charge in [0.1, 0.15) is 11.3 Å². The summed E-state index contributed by atoms with van der Waals surface area (Å²) in [6.07, 6.45) is 1.41. The Balaban J connectivity index is 2.00. The Morgan fingerprint density at radius 3 is 2.36 bits per heavy atom. The molecule has 0 aliphatic carbocycles. The van der Waals surface area contributed by atoms with Crippen LogP contribution < -0.4 is 15.0 Å². The van der Waals surface area contributed by atoms with E-state index in [9.17, 15) is 14.4 Å². The van der Waals surface area contributed by atoms with Gasteiger partial charge in [-0.05, 0) is 35.9 Å². The lowest BCUT2D eigenvalue weighted by Gasteiger charge is -2.27. The van der Waals surface area contributed by atoms with Crippen molar-refractivity contribution in [2.24, 2.45) is 0 Å². The third-order valence-corrected chi connectivity index (χ3v) is 3.94. The predicted molar refractivity (Wildman–Crippen MR) is 93.4 cm³/mol. The molecule has 0 atom stereocenters. The molecule has 0 spiro atoms. The fraction of sp³-hybridized carbons (Fsp3) is 0.0556. The second-order valence-corrected chi connectivity index (χ2v) is 5.59. The van der Waals surface area contributed by atoms with Crippen molar-refractivity contribution < 1.29 is 19.1 Å². The average molecular weight is 357 g/mol. The van der Waals surface area contributed by atoms with E-state index >= 15 is 0 Å².